The van der Waals surface area contributed by atoms with Gasteiger partial charge in [0.2, 0.25) is 0 Å². The van der Waals surface area contributed by atoms with Crippen molar-refractivity contribution in [3.05, 3.63) is 40.0 Å². The molecule has 0 bridgehead atoms. The third-order valence-corrected chi connectivity index (χ3v) is 5.47. The maximum atomic E-state index is 12.2. The van der Waals surface area contributed by atoms with Crippen LogP contribution in [0.3, 0.4) is 0 Å². The molecule has 7 nitrogen and oxygen atoms in total. The summed E-state index contributed by atoms with van der Waals surface area (Å²) < 4.78 is 28.3. The number of sulfone groups is 1. The quantitative estimate of drug-likeness (QED) is 0.343. The number of hydrogen-bond donors (Lipinski definition) is 0. The highest BCUT2D eigenvalue weighted by Crippen LogP contribution is 2.32. The lowest BCUT2D eigenvalue weighted by Crippen LogP contribution is -2.10. The van der Waals surface area contributed by atoms with E-state index in [1.807, 2.05) is 0 Å². The molecule has 1 aliphatic rings. The minimum atomic E-state index is -3.75. The van der Waals surface area contributed by atoms with E-state index in [2.05, 4.69) is 0 Å². The molecule has 0 heterocycles. The Morgan fingerprint density at radius 1 is 1.28 bits per heavy atom. The van der Waals surface area contributed by atoms with Crippen LogP contribution in [-0.4, -0.2) is 32.7 Å². The Morgan fingerprint density at radius 2 is 1.92 bits per heavy atom. The fraction of sp³-hybridized carbons (Fsp3) is 0.471. The smallest absolute Gasteiger partial charge is 0.338 e. The number of nitro benzene ring substituents is 1. The van der Waals surface area contributed by atoms with Gasteiger partial charge in [0.1, 0.15) is 4.90 Å². The molecule has 1 aromatic rings. The van der Waals surface area contributed by atoms with E-state index < -0.39 is 26.4 Å². The molecule has 8 heteroatoms. The zero-order valence-electron chi connectivity index (χ0n) is 14.2. The first-order valence-electron chi connectivity index (χ1n) is 8.03. The van der Waals surface area contributed by atoms with Crippen LogP contribution < -0.4 is 0 Å². The first-order valence-corrected chi connectivity index (χ1v) is 9.92. The van der Waals surface area contributed by atoms with E-state index in [9.17, 15) is 23.3 Å². The predicted octanol–water partition coefficient (Wildman–Crippen LogP) is 3.14. The number of nitro groups is 1. The second kappa shape index (κ2) is 7.77. The van der Waals surface area contributed by atoms with Crippen molar-refractivity contribution in [2.75, 3.05) is 13.4 Å². The molecule has 0 aliphatic heterocycles. The molecule has 1 saturated carbocycles. The zero-order chi connectivity index (χ0) is 18.6. The third-order valence-electron chi connectivity index (χ3n) is 4.32. The number of allylic oxidation sites excluding steroid dienone is 1. The van der Waals surface area contributed by atoms with Crippen LogP contribution in [0.15, 0.2) is 29.2 Å². The van der Waals surface area contributed by atoms with Crippen LogP contribution in [0, 0.1) is 16.0 Å². The largest absolute Gasteiger partial charge is 0.465 e. The molecular weight excluding hydrogens is 346 g/mol. The molecule has 1 fully saturated rings. The number of carbonyl (C=O) groups excluding carboxylic acids is 1. The van der Waals surface area contributed by atoms with E-state index in [0.29, 0.717) is 0 Å². The van der Waals surface area contributed by atoms with E-state index in [4.69, 9.17) is 4.74 Å². The van der Waals surface area contributed by atoms with Crippen LogP contribution in [0.25, 0.3) is 5.57 Å². The van der Waals surface area contributed by atoms with E-state index in [1.165, 1.54) is 19.2 Å². The lowest BCUT2D eigenvalue weighted by molar-refractivity contribution is -0.387. The second-order valence-corrected chi connectivity index (χ2v) is 8.17. The number of nitrogens with zero attached hydrogens (tertiary/aromatic N) is 1. The summed E-state index contributed by atoms with van der Waals surface area (Å²) >= 11 is 0. The summed E-state index contributed by atoms with van der Waals surface area (Å²) in [6.07, 6.45) is 7.91. The van der Waals surface area contributed by atoms with Crippen molar-refractivity contribution >= 4 is 27.1 Å². The average Bonchev–Trinajstić information content (AvgIpc) is 2.58. The molecule has 136 valence electrons. The molecular formula is C17H21NO6S. The van der Waals surface area contributed by atoms with E-state index in [-0.39, 0.29) is 21.9 Å². The van der Waals surface area contributed by atoms with Gasteiger partial charge in [-0.1, -0.05) is 31.4 Å². The maximum absolute atomic E-state index is 12.2. The summed E-state index contributed by atoms with van der Waals surface area (Å²) in [5.74, 6) is -0.386. The third kappa shape index (κ3) is 4.66. The number of ether oxygens (including phenoxy) is 1. The van der Waals surface area contributed by atoms with Crippen molar-refractivity contribution in [3.8, 4) is 0 Å². The molecule has 0 N–H and O–H groups in total. The predicted molar refractivity (Wildman–Crippen MR) is 92.8 cm³/mol. The van der Waals surface area contributed by atoms with Crippen molar-refractivity contribution < 1.29 is 22.9 Å². The van der Waals surface area contributed by atoms with E-state index in [0.717, 1.165) is 44.4 Å². The number of esters is 1. The van der Waals surface area contributed by atoms with Gasteiger partial charge < -0.3 is 4.74 Å². The number of carbonyl (C=O) groups is 1. The molecule has 0 saturated heterocycles. The van der Waals surface area contributed by atoms with Gasteiger partial charge in [-0.2, -0.15) is 0 Å². The van der Waals surface area contributed by atoms with Crippen molar-refractivity contribution in [3.63, 3.8) is 0 Å². The van der Waals surface area contributed by atoms with Gasteiger partial charge in [0.15, 0.2) is 9.84 Å². The highest BCUT2D eigenvalue weighted by Gasteiger charge is 2.25. The summed E-state index contributed by atoms with van der Waals surface area (Å²) in [6.45, 7) is 0. The lowest BCUT2D eigenvalue weighted by Gasteiger charge is -2.19. The van der Waals surface area contributed by atoms with Gasteiger partial charge in [-0.25, -0.2) is 13.2 Å². The zero-order valence-corrected chi connectivity index (χ0v) is 15.0. The molecule has 1 aromatic carbocycles. The molecule has 0 unspecified atom stereocenters. The standard InChI is InChI=1S/C17H21NO6S/c1-24-17(19)14(10-12-6-4-3-5-7-12)13-8-9-16(25(2,22)23)15(11-13)18(20)21/h8-12H,3-7H2,1-2H3. The Kier molecular flexibility index (Phi) is 5.94. The van der Waals surface area contributed by atoms with Crippen LogP contribution in [0.1, 0.15) is 37.7 Å². The van der Waals surface area contributed by atoms with Gasteiger partial charge in [-0.3, -0.25) is 10.1 Å². The van der Waals surface area contributed by atoms with Gasteiger partial charge in [0.25, 0.3) is 5.69 Å². The van der Waals surface area contributed by atoms with Gasteiger partial charge in [-0.05, 0) is 30.4 Å². The van der Waals surface area contributed by atoms with Gasteiger partial charge >= 0.3 is 5.97 Å². The fourth-order valence-corrected chi connectivity index (χ4v) is 3.90. The highest BCUT2D eigenvalue weighted by atomic mass is 32.2. The summed E-state index contributed by atoms with van der Waals surface area (Å²) in [7, 11) is -2.50. The van der Waals surface area contributed by atoms with Crippen molar-refractivity contribution in [2.24, 2.45) is 5.92 Å². The maximum Gasteiger partial charge on any atom is 0.338 e. The van der Waals surface area contributed by atoms with Crippen molar-refractivity contribution in [2.45, 2.75) is 37.0 Å². The SMILES string of the molecule is COC(=O)C(=CC1CCCCC1)c1ccc(S(C)(=O)=O)c([N+](=O)[O-])c1. The minimum absolute atomic E-state index is 0.205. The number of benzene rings is 1. The first kappa shape index (κ1) is 19.1. The Morgan fingerprint density at radius 3 is 2.44 bits per heavy atom. The monoisotopic (exact) mass is 367 g/mol. The van der Waals surface area contributed by atoms with Crippen LogP contribution in [0.2, 0.25) is 0 Å². The summed E-state index contributed by atoms with van der Waals surface area (Å²) in [5.41, 5.74) is -0.0208. The Hall–Kier alpha value is -2.22. The average molecular weight is 367 g/mol. The van der Waals surface area contributed by atoms with Gasteiger partial charge in [0, 0.05) is 12.3 Å². The summed E-state index contributed by atoms with van der Waals surface area (Å²) in [4.78, 5) is 22.3. The van der Waals surface area contributed by atoms with Crippen LogP contribution >= 0.6 is 0 Å². The number of hydrogen-bond acceptors (Lipinski definition) is 6. The molecule has 0 aromatic heterocycles. The number of rotatable bonds is 5. The summed E-state index contributed by atoms with van der Waals surface area (Å²) in [6, 6.07) is 3.71. The van der Waals surface area contributed by atoms with Crippen molar-refractivity contribution in [1.29, 1.82) is 0 Å². The molecule has 0 spiro atoms. The minimum Gasteiger partial charge on any atom is -0.465 e. The van der Waals surface area contributed by atoms with Gasteiger partial charge in [-0.15, -0.1) is 0 Å². The topological polar surface area (TPSA) is 104 Å². The molecule has 1 aliphatic carbocycles. The second-order valence-electron chi connectivity index (χ2n) is 6.18. The van der Waals surface area contributed by atoms with E-state index in [1.54, 1.807) is 6.08 Å². The Balaban J connectivity index is 2.54. The molecule has 0 radical (unpaired) electrons. The molecule has 25 heavy (non-hydrogen) atoms. The van der Waals surface area contributed by atoms with Crippen LogP contribution in [0.5, 0.6) is 0 Å². The highest BCUT2D eigenvalue weighted by molar-refractivity contribution is 7.90. The van der Waals surface area contributed by atoms with Crippen LogP contribution in [0.4, 0.5) is 5.69 Å². The Labute approximate surface area is 146 Å². The van der Waals surface area contributed by atoms with Crippen LogP contribution in [-0.2, 0) is 19.4 Å². The molecule has 0 atom stereocenters. The molecule has 0 amide bonds. The van der Waals surface area contributed by atoms with Crippen molar-refractivity contribution in [1.82, 2.24) is 0 Å². The molecule has 2 rings (SSSR count). The number of methoxy groups -OCH3 is 1. The normalized spacial score (nSPS) is 16.5. The van der Waals surface area contributed by atoms with Gasteiger partial charge in [0.05, 0.1) is 17.6 Å². The lowest BCUT2D eigenvalue weighted by atomic mass is 9.87. The Bertz CT molecular complexity index is 806. The fourth-order valence-electron chi connectivity index (χ4n) is 3.07. The van der Waals surface area contributed by atoms with E-state index >= 15 is 0 Å². The first-order chi connectivity index (χ1) is 11.7. The summed E-state index contributed by atoms with van der Waals surface area (Å²) in [5, 5.41) is 11.3.